The third-order valence-corrected chi connectivity index (χ3v) is 4.75. The summed E-state index contributed by atoms with van der Waals surface area (Å²) in [5.41, 5.74) is -0.529. The number of carbonyl (C=O) groups excluding carboxylic acids is 1. The van der Waals surface area contributed by atoms with Gasteiger partial charge in [-0.25, -0.2) is 8.42 Å². The van der Waals surface area contributed by atoms with Crippen molar-refractivity contribution in [3.63, 3.8) is 0 Å². The van der Waals surface area contributed by atoms with E-state index in [2.05, 4.69) is 5.32 Å². The summed E-state index contributed by atoms with van der Waals surface area (Å²) < 4.78 is 22.9. The van der Waals surface area contributed by atoms with Crippen LogP contribution >= 0.6 is 0 Å². The SMILES string of the molecule is CS(=O)(=O)c1cccc(C(=O)NCC2(O)CCCC2)c1. The molecule has 1 aromatic rings. The molecule has 1 aliphatic rings. The van der Waals surface area contributed by atoms with Gasteiger partial charge >= 0.3 is 0 Å². The lowest BCUT2D eigenvalue weighted by molar-refractivity contribution is 0.0449. The minimum absolute atomic E-state index is 0.115. The lowest BCUT2D eigenvalue weighted by Crippen LogP contribution is -2.40. The smallest absolute Gasteiger partial charge is 0.251 e. The van der Waals surface area contributed by atoms with Crippen molar-refractivity contribution in [3.8, 4) is 0 Å². The molecule has 0 radical (unpaired) electrons. The predicted octanol–water partition coefficient (Wildman–Crippen LogP) is 1.12. The van der Waals surface area contributed by atoms with Gasteiger partial charge in [-0.15, -0.1) is 0 Å². The van der Waals surface area contributed by atoms with Gasteiger partial charge in [0.1, 0.15) is 0 Å². The van der Waals surface area contributed by atoms with Crippen LogP contribution in [0.4, 0.5) is 0 Å². The van der Waals surface area contributed by atoms with E-state index in [-0.39, 0.29) is 22.9 Å². The molecule has 2 N–H and O–H groups in total. The normalized spacial score (nSPS) is 17.9. The Kier molecular flexibility index (Phi) is 4.15. The highest BCUT2D eigenvalue weighted by molar-refractivity contribution is 7.90. The number of rotatable bonds is 4. The molecular weight excluding hydrogens is 278 g/mol. The molecule has 1 saturated carbocycles. The van der Waals surface area contributed by atoms with E-state index in [9.17, 15) is 18.3 Å². The van der Waals surface area contributed by atoms with Gasteiger partial charge < -0.3 is 10.4 Å². The van der Waals surface area contributed by atoms with Crippen molar-refractivity contribution in [1.82, 2.24) is 5.32 Å². The van der Waals surface area contributed by atoms with E-state index < -0.39 is 15.4 Å². The third kappa shape index (κ3) is 3.58. The Labute approximate surface area is 118 Å². The maximum absolute atomic E-state index is 12.0. The quantitative estimate of drug-likeness (QED) is 0.872. The Balaban J connectivity index is 2.06. The van der Waals surface area contributed by atoms with Crippen LogP contribution in [0.15, 0.2) is 29.2 Å². The van der Waals surface area contributed by atoms with Gasteiger partial charge in [0.25, 0.3) is 5.91 Å². The first kappa shape index (κ1) is 15.0. The number of carbonyl (C=O) groups is 1. The van der Waals surface area contributed by atoms with Gasteiger partial charge in [-0.05, 0) is 31.0 Å². The van der Waals surface area contributed by atoms with E-state index in [4.69, 9.17) is 0 Å². The van der Waals surface area contributed by atoms with Crippen LogP contribution in [0, 0.1) is 0 Å². The third-order valence-electron chi connectivity index (χ3n) is 3.64. The van der Waals surface area contributed by atoms with Crippen LogP contribution < -0.4 is 5.32 Å². The number of amides is 1. The van der Waals surface area contributed by atoms with E-state index >= 15 is 0 Å². The highest BCUT2D eigenvalue weighted by atomic mass is 32.2. The summed E-state index contributed by atoms with van der Waals surface area (Å²) >= 11 is 0. The summed E-state index contributed by atoms with van der Waals surface area (Å²) in [5, 5.41) is 12.8. The molecule has 6 heteroatoms. The van der Waals surface area contributed by atoms with Crippen molar-refractivity contribution in [2.75, 3.05) is 12.8 Å². The Morgan fingerprint density at radius 2 is 2.00 bits per heavy atom. The standard InChI is InChI=1S/C14H19NO4S/c1-20(18,19)12-6-4-5-11(9-12)13(16)15-10-14(17)7-2-3-8-14/h4-6,9,17H,2-3,7-8,10H2,1H3,(H,15,16). The fourth-order valence-corrected chi connectivity index (χ4v) is 3.09. The van der Waals surface area contributed by atoms with Crippen LogP contribution in [0.1, 0.15) is 36.0 Å². The lowest BCUT2D eigenvalue weighted by atomic mass is 10.0. The van der Waals surface area contributed by atoms with Gasteiger partial charge in [0.05, 0.1) is 10.5 Å². The molecule has 1 amide bonds. The summed E-state index contributed by atoms with van der Waals surface area (Å²) in [6.07, 6.45) is 4.42. The molecule has 20 heavy (non-hydrogen) atoms. The molecule has 0 aliphatic heterocycles. The van der Waals surface area contributed by atoms with Gasteiger partial charge in [0.2, 0.25) is 0 Å². The molecule has 0 spiro atoms. The van der Waals surface area contributed by atoms with Crippen LogP contribution in [0.2, 0.25) is 0 Å². The molecule has 1 aliphatic carbocycles. The Morgan fingerprint density at radius 1 is 1.35 bits per heavy atom. The Bertz CT molecular complexity index is 603. The first-order chi connectivity index (χ1) is 9.30. The summed E-state index contributed by atoms with van der Waals surface area (Å²) in [6, 6.07) is 5.90. The predicted molar refractivity (Wildman–Crippen MR) is 75.3 cm³/mol. The highest BCUT2D eigenvalue weighted by Gasteiger charge is 2.31. The van der Waals surface area contributed by atoms with Gasteiger partial charge in [-0.1, -0.05) is 18.9 Å². The maximum Gasteiger partial charge on any atom is 0.251 e. The number of benzene rings is 1. The average Bonchev–Trinajstić information content (AvgIpc) is 2.83. The Hall–Kier alpha value is -1.40. The summed E-state index contributed by atoms with van der Waals surface area (Å²) in [4.78, 5) is 12.1. The van der Waals surface area contributed by atoms with Crippen molar-refractivity contribution < 1.29 is 18.3 Å². The molecule has 110 valence electrons. The average molecular weight is 297 g/mol. The van der Waals surface area contributed by atoms with Crippen LogP contribution in [0.5, 0.6) is 0 Å². The molecular formula is C14H19NO4S. The summed E-state index contributed by atoms with van der Waals surface area (Å²) in [7, 11) is -3.33. The lowest BCUT2D eigenvalue weighted by Gasteiger charge is -2.22. The molecule has 0 bridgehead atoms. The van der Waals surface area contributed by atoms with Crippen molar-refractivity contribution >= 4 is 15.7 Å². The van der Waals surface area contributed by atoms with Crippen LogP contribution in [0.25, 0.3) is 0 Å². The Morgan fingerprint density at radius 3 is 2.60 bits per heavy atom. The van der Waals surface area contributed by atoms with Crippen LogP contribution in [-0.2, 0) is 9.84 Å². The van der Waals surface area contributed by atoms with Crippen molar-refractivity contribution in [1.29, 1.82) is 0 Å². The van der Waals surface area contributed by atoms with E-state index in [0.29, 0.717) is 12.8 Å². The number of aliphatic hydroxyl groups is 1. The zero-order valence-electron chi connectivity index (χ0n) is 11.4. The van der Waals surface area contributed by atoms with E-state index in [0.717, 1.165) is 19.1 Å². The fourth-order valence-electron chi connectivity index (χ4n) is 2.42. The van der Waals surface area contributed by atoms with Crippen molar-refractivity contribution in [2.24, 2.45) is 0 Å². The summed E-state index contributed by atoms with van der Waals surface area (Å²) in [6.45, 7) is 0.203. The molecule has 0 aromatic heterocycles. The second-order valence-corrected chi connectivity index (χ2v) is 7.43. The van der Waals surface area contributed by atoms with Crippen LogP contribution in [0.3, 0.4) is 0 Å². The maximum atomic E-state index is 12.0. The first-order valence-electron chi connectivity index (χ1n) is 6.61. The molecule has 0 heterocycles. The second kappa shape index (κ2) is 5.54. The molecule has 1 aromatic carbocycles. The number of nitrogens with one attached hydrogen (secondary N) is 1. The highest BCUT2D eigenvalue weighted by Crippen LogP contribution is 2.28. The molecule has 0 saturated heterocycles. The first-order valence-corrected chi connectivity index (χ1v) is 8.50. The monoisotopic (exact) mass is 297 g/mol. The van der Waals surface area contributed by atoms with Gasteiger partial charge in [0.15, 0.2) is 9.84 Å². The number of hydrogen-bond donors (Lipinski definition) is 2. The minimum Gasteiger partial charge on any atom is -0.388 e. The zero-order valence-corrected chi connectivity index (χ0v) is 12.2. The second-order valence-electron chi connectivity index (χ2n) is 5.41. The van der Waals surface area contributed by atoms with E-state index in [1.165, 1.54) is 18.2 Å². The number of sulfone groups is 1. The van der Waals surface area contributed by atoms with E-state index in [1.807, 2.05) is 0 Å². The summed E-state index contributed by atoms with van der Waals surface area (Å²) in [5.74, 6) is -0.365. The van der Waals surface area contributed by atoms with Gasteiger partial charge in [-0.2, -0.15) is 0 Å². The topological polar surface area (TPSA) is 83.5 Å². The fraction of sp³-hybridized carbons (Fsp3) is 0.500. The molecule has 5 nitrogen and oxygen atoms in total. The minimum atomic E-state index is -3.33. The van der Waals surface area contributed by atoms with Crippen LogP contribution in [-0.4, -0.2) is 37.8 Å². The van der Waals surface area contributed by atoms with Crippen molar-refractivity contribution in [3.05, 3.63) is 29.8 Å². The number of hydrogen-bond acceptors (Lipinski definition) is 4. The largest absolute Gasteiger partial charge is 0.388 e. The van der Waals surface area contributed by atoms with Gasteiger partial charge in [-0.3, -0.25) is 4.79 Å². The molecule has 2 rings (SSSR count). The molecule has 0 unspecified atom stereocenters. The zero-order chi connectivity index (χ0) is 14.8. The van der Waals surface area contributed by atoms with Crippen molar-refractivity contribution in [2.45, 2.75) is 36.2 Å². The van der Waals surface area contributed by atoms with E-state index in [1.54, 1.807) is 6.07 Å². The van der Waals surface area contributed by atoms with Gasteiger partial charge in [0, 0.05) is 18.4 Å². The molecule has 1 fully saturated rings. The molecule has 0 atom stereocenters.